The molecule has 1 saturated heterocycles. The molecule has 250 valence electrons. The highest BCUT2D eigenvalue weighted by molar-refractivity contribution is 7.92. The molecule has 11 nitrogen and oxygen atoms in total. The standard InChI is InChI=1S/C30H37F4N7O4S/c1-6-41-11-9-20(10-12-41)37-28(42)21-14-26(45-4)24(15-23(21)31)38-29-36-17-22(30(32,33)34)27(39-29)35-16-19-8-7-18(2)13-25(19)40(3)46(5,43)44/h7-8,13-15,17,20H,6,9-12,16H2,1-5H3,(H,37,42)(H2,35,36,38,39). The van der Waals surface area contributed by atoms with Crippen LogP contribution in [0, 0.1) is 12.7 Å². The molecule has 0 bridgehead atoms. The van der Waals surface area contributed by atoms with E-state index in [4.69, 9.17) is 4.74 Å². The molecule has 0 saturated carbocycles. The molecule has 1 amide bonds. The highest BCUT2D eigenvalue weighted by Crippen LogP contribution is 2.36. The Labute approximate surface area is 265 Å². The van der Waals surface area contributed by atoms with Crippen LogP contribution in [0.3, 0.4) is 0 Å². The zero-order chi connectivity index (χ0) is 33.8. The van der Waals surface area contributed by atoms with E-state index in [1.807, 2.05) is 0 Å². The van der Waals surface area contributed by atoms with E-state index in [-0.39, 0.29) is 41.2 Å². The Balaban J connectivity index is 1.58. The molecule has 16 heteroatoms. The van der Waals surface area contributed by atoms with Gasteiger partial charge >= 0.3 is 6.18 Å². The number of aromatic nitrogens is 2. The molecule has 1 aliphatic rings. The lowest BCUT2D eigenvalue weighted by Crippen LogP contribution is -2.44. The van der Waals surface area contributed by atoms with Gasteiger partial charge in [-0.05, 0) is 49.6 Å². The van der Waals surface area contributed by atoms with Crippen LogP contribution in [0.25, 0.3) is 0 Å². The number of alkyl halides is 3. The molecule has 4 rings (SSSR count). The predicted molar refractivity (Wildman–Crippen MR) is 168 cm³/mol. The fraction of sp³-hybridized carbons (Fsp3) is 0.433. The van der Waals surface area contributed by atoms with Gasteiger partial charge in [-0.15, -0.1) is 0 Å². The molecule has 0 spiro atoms. The maximum Gasteiger partial charge on any atom is 0.421 e. The van der Waals surface area contributed by atoms with Crippen LogP contribution >= 0.6 is 0 Å². The first-order chi connectivity index (χ1) is 21.6. The number of methoxy groups -OCH3 is 1. The summed E-state index contributed by atoms with van der Waals surface area (Å²) in [6.45, 7) is 6.17. The molecule has 2 aromatic carbocycles. The van der Waals surface area contributed by atoms with E-state index in [9.17, 15) is 26.4 Å². The Morgan fingerprint density at radius 3 is 2.48 bits per heavy atom. The van der Waals surface area contributed by atoms with Gasteiger partial charge in [0.1, 0.15) is 22.9 Å². The average molecular weight is 668 g/mol. The number of hydrogen-bond acceptors (Lipinski definition) is 9. The summed E-state index contributed by atoms with van der Waals surface area (Å²) in [6, 6.07) is 7.00. The molecule has 46 heavy (non-hydrogen) atoms. The van der Waals surface area contributed by atoms with Gasteiger partial charge < -0.3 is 25.6 Å². The first kappa shape index (κ1) is 34.7. The molecule has 1 aromatic heterocycles. The van der Waals surface area contributed by atoms with E-state index >= 15 is 4.39 Å². The maximum atomic E-state index is 15.2. The van der Waals surface area contributed by atoms with Gasteiger partial charge in [0.05, 0.1) is 30.3 Å². The van der Waals surface area contributed by atoms with Gasteiger partial charge in [-0.1, -0.05) is 19.1 Å². The molecule has 0 atom stereocenters. The van der Waals surface area contributed by atoms with E-state index in [1.165, 1.54) is 20.2 Å². The van der Waals surface area contributed by atoms with Crippen molar-refractivity contribution in [1.82, 2.24) is 20.2 Å². The van der Waals surface area contributed by atoms with E-state index in [0.717, 1.165) is 54.7 Å². The van der Waals surface area contributed by atoms with Crippen molar-refractivity contribution < 1.29 is 35.5 Å². The van der Waals surface area contributed by atoms with E-state index in [2.05, 4.69) is 37.7 Å². The van der Waals surface area contributed by atoms with Crippen molar-refractivity contribution in [2.24, 2.45) is 0 Å². The van der Waals surface area contributed by atoms with Crippen LogP contribution < -0.4 is 25.0 Å². The van der Waals surface area contributed by atoms with Gasteiger partial charge in [-0.25, -0.2) is 17.8 Å². The number of ether oxygens (including phenoxy) is 1. The third kappa shape index (κ3) is 8.34. The number of piperidine rings is 1. The maximum absolute atomic E-state index is 15.2. The lowest BCUT2D eigenvalue weighted by Gasteiger charge is -2.31. The number of hydrogen-bond donors (Lipinski definition) is 3. The van der Waals surface area contributed by atoms with Gasteiger partial charge in [0.2, 0.25) is 16.0 Å². The zero-order valence-electron chi connectivity index (χ0n) is 26.1. The number of nitrogens with zero attached hydrogens (tertiary/aromatic N) is 4. The summed E-state index contributed by atoms with van der Waals surface area (Å²) < 4.78 is 87.7. The Kier molecular flexibility index (Phi) is 10.6. The number of carbonyl (C=O) groups is 1. The zero-order valence-corrected chi connectivity index (χ0v) is 26.9. The minimum atomic E-state index is -4.83. The molecule has 1 fully saturated rings. The minimum Gasteiger partial charge on any atom is -0.495 e. The van der Waals surface area contributed by atoms with E-state index in [1.54, 1.807) is 25.1 Å². The second-order valence-corrected chi connectivity index (χ2v) is 13.0. The topological polar surface area (TPSA) is 129 Å². The average Bonchev–Trinajstić information content (AvgIpc) is 2.99. The van der Waals surface area contributed by atoms with Crippen molar-refractivity contribution in [3.05, 3.63) is 64.6 Å². The summed E-state index contributed by atoms with van der Waals surface area (Å²) in [5, 5.41) is 8.18. The lowest BCUT2D eigenvalue weighted by atomic mass is 10.0. The third-order valence-electron chi connectivity index (χ3n) is 7.77. The summed E-state index contributed by atoms with van der Waals surface area (Å²) >= 11 is 0. The number of halogens is 4. The first-order valence-corrected chi connectivity index (χ1v) is 16.3. The van der Waals surface area contributed by atoms with Crippen LogP contribution in [-0.2, 0) is 22.7 Å². The number of nitrogens with one attached hydrogen (secondary N) is 3. The fourth-order valence-corrected chi connectivity index (χ4v) is 5.56. The van der Waals surface area contributed by atoms with E-state index in [0.29, 0.717) is 11.8 Å². The minimum absolute atomic E-state index is 0.0193. The van der Waals surface area contributed by atoms with Crippen LogP contribution in [-0.4, -0.2) is 75.3 Å². The highest BCUT2D eigenvalue weighted by Gasteiger charge is 2.35. The number of benzene rings is 2. The van der Waals surface area contributed by atoms with Crippen molar-refractivity contribution in [3.8, 4) is 5.75 Å². The van der Waals surface area contributed by atoms with Crippen molar-refractivity contribution in [2.45, 2.75) is 45.5 Å². The predicted octanol–water partition coefficient (Wildman–Crippen LogP) is 4.92. The second-order valence-electron chi connectivity index (χ2n) is 11.0. The normalized spacial score (nSPS) is 14.5. The number of rotatable bonds is 11. The fourth-order valence-electron chi connectivity index (χ4n) is 5.03. The van der Waals surface area contributed by atoms with Crippen molar-refractivity contribution in [1.29, 1.82) is 0 Å². The summed E-state index contributed by atoms with van der Waals surface area (Å²) in [5.74, 6) is -2.35. The summed E-state index contributed by atoms with van der Waals surface area (Å²) in [6.07, 6.45) is -1.76. The number of anilines is 4. The number of likely N-dealkylation sites (tertiary alicyclic amines) is 1. The number of amides is 1. The first-order valence-electron chi connectivity index (χ1n) is 14.5. The third-order valence-corrected chi connectivity index (χ3v) is 8.96. The summed E-state index contributed by atoms with van der Waals surface area (Å²) in [5.41, 5.74) is -0.00282. The Bertz CT molecular complexity index is 1680. The molecule has 3 N–H and O–H groups in total. The van der Waals surface area contributed by atoms with Gasteiger partial charge in [0.25, 0.3) is 5.91 Å². The SMILES string of the molecule is CCN1CCC(NC(=O)c2cc(OC)c(Nc3ncc(C(F)(F)F)c(NCc4ccc(C)cc4N(C)S(C)(=O)=O)n3)cc2F)CC1. The largest absolute Gasteiger partial charge is 0.495 e. The van der Waals surface area contributed by atoms with Gasteiger partial charge in [-0.2, -0.15) is 18.2 Å². The van der Waals surface area contributed by atoms with Crippen molar-refractivity contribution in [2.75, 3.05) is 55.0 Å². The van der Waals surface area contributed by atoms with E-state index < -0.39 is 39.3 Å². The van der Waals surface area contributed by atoms with Gasteiger partial charge in [-0.3, -0.25) is 9.10 Å². The van der Waals surface area contributed by atoms with Crippen LogP contribution in [0.2, 0.25) is 0 Å². The molecule has 1 aliphatic heterocycles. The summed E-state index contributed by atoms with van der Waals surface area (Å²) in [7, 11) is -1.01. The highest BCUT2D eigenvalue weighted by atomic mass is 32.2. The molecule has 0 radical (unpaired) electrons. The van der Waals surface area contributed by atoms with Crippen LogP contribution in [0.15, 0.2) is 36.5 Å². The van der Waals surface area contributed by atoms with Crippen molar-refractivity contribution >= 4 is 39.1 Å². The molecule has 0 aliphatic carbocycles. The Morgan fingerprint density at radius 1 is 1.17 bits per heavy atom. The molecular formula is C30H37F4N7O4S. The Hall–Kier alpha value is -4.18. The molecular weight excluding hydrogens is 630 g/mol. The van der Waals surface area contributed by atoms with Crippen LogP contribution in [0.1, 0.15) is 46.8 Å². The Morgan fingerprint density at radius 2 is 1.87 bits per heavy atom. The monoisotopic (exact) mass is 667 g/mol. The number of carbonyl (C=O) groups excluding carboxylic acids is 1. The van der Waals surface area contributed by atoms with Gasteiger partial charge in [0.15, 0.2) is 0 Å². The van der Waals surface area contributed by atoms with Crippen LogP contribution in [0.4, 0.5) is 40.7 Å². The van der Waals surface area contributed by atoms with Gasteiger partial charge in [0, 0.05) is 45.0 Å². The van der Waals surface area contributed by atoms with Crippen LogP contribution in [0.5, 0.6) is 5.75 Å². The lowest BCUT2D eigenvalue weighted by molar-refractivity contribution is -0.137. The van der Waals surface area contributed by atoms with Crippen molar-refractivity contribution in [3.63, 3.8) is 0 Å². The second kappa shape index (κ2) is 14.1. The molecule has 2 heterocycles. The smallest absolute Gasteiger partial charge is 0.421 e. The summed E-state index contributed by atoms with van der Waals surface area (Å²) in [4.78, 5) is 22.9. The number of sulfonamides is 1. The number of aryl methyl sites for hydroxylation is 1. The molecule has 3 aromatic rings. The molecule has 0 unspecified atom stereocenters. The quantitative estimate of drug-likeness (QED) is 0.244.